The molecule has 6 heteroatoms. The van der Waals surface area contributed by atoms with Crippen LogP contribution in [0.5, 0.6) is 0 Å². The highest BCUT2D eigenvalue weighted by Gasteiger charge is 2.23. The molecule has 1 saturated heterocycles. The molecule has 0 aromatic carbocycles. The Morgan fingerprint density at radius 1 is 1.04 bits per heavy atom. The number of anilines is 1. The summed E-state index contributed by atoms with van der Waals surface area (Å²) in [6.07, 6.45) is 3.54. The van der Waals surface area contributed by atoms with Gasteiger partial charge in [-0.25, -0.2) is 9.67 Å². The van der Waals surface area contributed by atoms with E-state index in [9.17, 15) is 0 Å². The Morgan fingerprint density at radius 3 is 2.56 bits per heavy atom. The second-order valence-electron chi connectivity index (χ2n) is 6.46. The summed E-state index contributed by atoms with van der Waals surface area (Å²) in [6, 6.07) is 9.90. The summed E-state index contributed by atoms with van der Waals surface area (Å²) in [4.78, 5) is 9.30. The molecule has 0 amide bonds. The van der Waals surface area contributed by atoms with Crippen molar-refractivity contribution in [3.63, 3.8) is 0 Å². The topological polar surface area (TPSA) is 50.3 Å². The summed E-state index contributed by atoms with van der Waals surface area (Å²) in [7, 11) is 0. The van der Waals surface area contributed by atoms with Crippen LogP contribution < -0.4 is 4.90 Å². The highest BCUT2D eigenvalue weighted by Crippen LogP contribution is 2.27. The average Bonchev–Trinajstić information content (AvgIpc) is 3.25. The molecule has 0 saturated carbocycles. The third-order valence-electron chi connectivity index (χ3n) is 4.77. The van der Waals surface area contributed by atoms with Gasteiger partial charge >= 0.3 is 0 Å². The lowest BCUT2D eigenvalue weighted by molar-refractivity contribution is 0.230. The van der Waals surface area contributed by atoms with Gasteiger partial charge in [-0.3, -0.25) is 4.90 Å². The smallest absolute Gasteiger partial charge is 0.153 e. The lowest BCUT2D eigenvalue weighted by Gasteiger charge is -2.35. The van der Waals surface area contributed by atoms with Gasteiger partial charge in [-0.15, -0.1) is 0 Å². The number of hydrogen-bond donors (Lipinski definition) is 0. The molecule has 0 unspecified atom stereocenters. The lowest BCUT2D eigenvalue weighted by Crippen LogP contribution is -2.46. The number of hydrogen-bond acceptors (Lipinski definition) is 5. The van der Waals surface area contributed by atoms with Gasteiger partial charge in [-0.05, 0) is 38.1 Å². The minimum atomic E-state index is 0.866. The first-order valence-corrected chi connectivity index (χ1v) is 8.69. The highest BCUT2D eigenvalue weighted by atomic mass is 16.3. The number of nitrogens with zero attached hydrogens (tertiary/aromatic N) is 5. The van der Waals surface area contributed by atoms with E-state index in [1.54, 1.807) is 12.5 Å². The number of aryl methyl sites for hydroxylation is 1. The second-order valence-corrected chi connectivity index (χ2v) is 6.46. The zero-order valence-corrected chi connectivity index (χ0v) is 14.7. The Morgan fingerprint density at radius 2 is 1.88 bits per heavy atom. The molecule has 4 heterocycles. The maximum atomic E-state index is 5.46. The number of piperazine rings is 1. The molecule has 4 rings (SSSR count). The largest absolute Gasteiger partial charge is 0.468 e. The van der Waals surface area contributed by atoms with Crippen LogP contribution >= 0.6 is 0 Å². The van der Waals surface area contributed by atoms with E-state index >= 15 is 0 Å². The molecule has 3 aromatic rings. The van der Waals surface area contributed by atoms with Gasteiger partial charge < -0.3 is 9.32 Å². The first kappa shape index (κ1) is 15.9. The van der Waals surface area contributed by atoms with E-state index in [0.717, 1.165) is 55.7 Å². The van der Waals surface area contributed by atoms with Crippen LogP contribution in [-0.4, -0.2) is 45.8 Å². The van der Waals surface area contributed by atoms with Gasteiger partial charge in [0.1, 0.15) is 5.76 Å². The summed E-state index contributed by atoms with van der Waals surface area (Å²) < 4.78 is 7.41. The summed E-state index contributed by atoms with van der Waals surface area (Å²) in [5.41, 5.74) is 3.45. The molecule has 130 valence electrons. The summed E-state index contributed by atoms with van der Waals surface area (Å²) in [5.74, 6) is 1.90. The fourth-order valence-electron chi connectivity index (χ4n) is 3.55. The van der Waals surface area contributed by atoms with Crippen molar-refractivity contribution in [1.29, 1.82) is 0 Å². The van der Waals surface area contributed by atoms with Gasteiger partial charge in [-0.2, -0.15) is 5.10 Å². The summed E-state index contributed by atoms with van der Waals surface area (Å²) >= 11 is 0. The standard InChI is InChI=1S/C19H23N5O/c1-15-19(16(2)24(21-15)18-7-3-4-8-20-18)23-11-9-22(10-12-23)14-17-6-5-13-25-17/h3-8,13H,9-12,14H2,1-2H3. The van der Waals surface area contributed by atoms with Crippen LogP contribution in [0.15, 0.2) is 47.2 Å². The van der Waals surface area contributed by atoms with Gasteiger partial charge in [0.05, 0.1) is 29.9 Å². The Balaban J connectivity index is 1.49. The van der Waals surface area contributed by atoms with Crippen molar-refractivity contribution >= 4 is 5.69 Å². The molecule has 1 aliphatic heterocycles. The maximum absolute atomic E-state index is 5.46. The van der Waals surface area contributed by atoms with E-state index in [0.29, 0.717) is 0 Å². The minimum Gasteiger partial charge on any atom is -0.468 e. The van der Waals surface area contributed by atoms with E-state index in [4.69, 9.17) is 9.52 Å². The van der Waals surface area contributed by atoms with Crippen molar-refractivity contribution in [2.75, 3.05) is 31.1 Å². The molecule has 0 spiro atoms. The van der Waals surface area contributed by atoms with E-state index in [-0.39, 0.29) is 0 Å². The third kappa shape index (κ3) is 3.17. The molecule has 25 heavy (non-hydrogen) atoms. The van der Waals surface area contributed by atoms with Crippen molar-refractivity contribution in [2.45, 2.75) is 20.4 Å². The molecule has 0 aliphatic carbocycles. The first-order valence-electron chi connectivity index (χ1n) is 8.69. The molecule has 0 bridgehead atoms. The van der Waals surface area contributed by atoms with Crippen molar-refractivity contribution in [2.24, 2.45) is 0 Å². The monoisotopic (exact) mass is 337 g/mol. The summed E-state index contributed by atoms with van der Waals surface area (Å²) in [5, 5.41) is 4.72. The van der Waals surface area contributed by atoms with Crippen LogP contribution in [0.25, 0.3) is 5.82 Å². The van der Waals surface area contributed by atoms with Crippen LogP contribution in [0.3, 0.4) is 0 Å². The van der Waals surface area contributed by atoms with Crippen molar-refractivity contribution in [3.8, 4) is 5.82 Å². The van der Waals surface area contributed by atoms with Gasteiger partial charge in [0.2, 0.25) is 0 Å². The SMILES string of the molecule is Cc1nn(-c2ccccn2)c(C)c1N1CCN(Cc2ccco2)CC1. The molecule has 0 N–H and O–H groups in total. The third-order valence-corrected chi connectivity index (χ3v) is 4.77. The highest BCUT2D eigenvalue weighted by molar-refractivity contribution is 5.56. The Kier molecular flexibility index (Phi) is 4.28. The van der Waals surface area contributed by atoms with Gasteiger partial charge in [0.25, 0.3) is 0 Å². The van der Waals surface area contributed by atoms with Crippen LogP contribution in [0.2, 0.25) is 0 Å². The molecule has 0 atom stereocenters. The lowest BCUT2D eigenvalue weighted by atomic mass is 10.2. The Bertz CT molecular complexity index is 817. The molecule has 1 aliphatic rings. The molecule has 0 radical (unpaired) electrons. The Labute approximate surface area is 147 Å². The zero-order chi connectivity index (χ0) is 17.2. The van der Waals surface area contributed by atoms with E-state index in [2.05, 4.69) is 28.6 Å². The zero-order valence-electron chi connectivity index (χ0n) is 14.7. The number of rotatable bonds is 4. The fraction of sp³-hybridized carbons (Fsp3) is 0.368. The molecule has 6 nitrogen and oxygen atoms in total. The number of aromatic nitrogens is 3. The molecular weight excluding hydrogens is 314 g/mol. The molecule has 1 fully saturated rings. The predicted molar refractivity (Wildman–Crippen MR) is 97.0 cm³/mol. The van der Waals surface area contributed by atoms with E-state index in [1.807, 2.05) is 35.0 Å². The van der Waals surface area contributed by atoms with Crippen molar-refractivity contribution < 1.29 is 4.42 Å². The number of furan rings is 1. The van der Waals surface area contributed by atoms with E-state index in [1.165, 1.54) is 5.69 Å². The molecule has 3 aromatic heterocycles. The van der Waals surface area contributed by atoms with Gasteiger partial charge in [0.15, 0.2) is 5.82 Å². The summed E-state index contributed by atoms with van der Waals surface area (Å²) in [6.45, 7) is 9.12. The minimum absolute atomic E-state index is 0.866. The second kappa shape index (κ2) is 6.72. The maximum Gasteiger partial charge on any atom is 0.153 e. The van der Waals surface area contributed by atoms with E-state index < -0.39 is 0 Å². The van der Waals surface area contributed by atoms with Gasteiger partial charge in [0, 0.05) is 32.4 Å². The van der Waals surface area contributed by atoms with Crippen LogP contribution in [0.1, 0.15) is 17.1 Å². The predicted octanol–water partition coefficient (Wildman–Crippen LogP) is 2.80. The average molecular weight is 337 g/mol. The van der Waals surface area contributed by atoms with Crippen LogP contribution in [0, 0.1) is 13.8 Å². The quantitative estimate of drug-likeness (QED) is 0.733. The van der Waals surface area contributed by atoms with Crippen molar-refractivity contribution in [1.82, 2.24) is 19.7 Å². The van der Waals surface area contributed by atoms with Crippen molar-refractivity contribution in [3.05, 3.63) is 59.9 Å². The first-order chi connectivity index (χ1) is 12.2. The van der Waals surface area contributed by atoms with Gasteiger partial charge in [-0.1, -0.05) is 6.07 Å². The van der Waals surface area contributed by atoms with Crippen LogP contribution in [-0.2, 0) is 6.54 Å². The molecular formula is C19H23N5O. The Hall–Kier alpha value is -2.60. The fourth-order valence-corrected chi connectivity index (χ4v) is 3.55. The normalized spacial score (nSPS) is 15.7. The van der Waals surface area contributed by atoms with Crippen LogP contribution in [0.4, 0.5) is 5.69 Å². The number of pyridine rings is 1.